The molecule has 1 saturated heterocycles. The van der Waals surface area contributed by atoms with Gasteiger partial charge in [0.05, 0.1) is 26.5 Å². The number of ether oxygens (including phenoxy) is 2. The standard InChI is InChI=1S/C19H27NO6S/c1-18(14-25-27(3,22)23)9-4-10-19(12-18)13-20(17(21)26-19)11-15-5-7-16(24-2)8-6-15/h5-8H,4,9-14H2,1-3H3/t18-,19-/m1/s1. The van der Waals surface area contributed by atoms with E-state index in [9.17, 15) is 13.2 Å². The Morgan fingerprint density at radius 2 is 1.93 bits per heavy atom. The molecule has 0 bridgehead atoms. The second-order valence-electron chi connectivity index (χ2n) is 8.06. The number of carbonyl (C=O) groups excluding carboxylic acids is 1. The van der Waals surface area contributed by atoms with Gasteiger partial charge in [-0.3, -0.25) is 9.08 Å². The minimum atomic E-state index is -3.49. The summed E-state index contributed by atoms with van der Waals surface area (Å²) in [5, 5.41) is 0. The van der Waals surface area contributed by atoms with E-state index < -0.39 is 15.7 Å². The molecule has 1 aliphatic carbocycles. The smallest absolute Gasteiger partial charge is 0.410 e. The highest BCUT2D eigenvalue weighted by Crippen LogP contribution is 2.46. The third kappa shape index (κ3) is 4.93. The van der Waals surface area contributed by atoms with Gasteiger partial charge in [-0.05, 0) is 48.8 Å². The predicted octanol–water partition coefficient (Wildman–Crippen LogP) is 2.94. The zero-order valence-electron chi connectivity index (χ0n) is 16.1. The number of hydrogen-bond donors (Lipinski definition) is 0. The van der Waals surface area contributed by atoms with Crippen LogP contribution in [0.5, 0.6) is 5.75 Å². The van der Waals surface area contributed by atoms with Gasteiger partial charge in [0.15, 0.2) is 0 Å². The molecule has 0 unspecified atom stereocenters. The molecule has 1 aromatic rings. The summed E-state index contributed by atoms with van der Waals surface area (Å²) in [7, 11) is -1.88. The summed E-state index contributed by atoms with van der Waals surface area (Å²) in [6, 6.07) is 7.60. The molecule has 1 aliphatic heterocycles. The number of carbonyl (C=O) groups is 1. The number of benzene rings is 1. The first-order valence-corrected chi connectivity index (χ1v) is 10.9. The van der Waals surface area contributed by atoms with Gasteiger partial charge in [0.2, 0.25) is 0 Å². The molecule has 1 spiro atoms. The van der Waals surface area contributed by atoms with Crippen LogP contribution in [0.15, 0.2) is 24.3 Å². The SMILES string of the molecule is COc1ccc(CN2C[C@]3(CCC[C@@](C)(COS(C)(=O)=O)C3)OC2=O)cc1. The molecule has 2 aliphatic rings. The van der Waals surface area contributed by atoms with Crippen molar-refractivity contribution in [3.05, 3.63) is 29.8 Å². The average Bonchev–Trinajstić information content (AvgIpc) is 2.88. The summed E-state index contributed by atoms with van der Waals surface area (Å²) in [5.41, 5.74) is 0.0959. The summed E-state index contributed by atoms with van der Waals surface area (Å²) < 4.78 is 38.7. The van der Waals surface area contributed by atoms with Gasteiger partial charge in [-0.1, -0.05) is 19.1 Å². The number of rotatable bonds is 6. The molecule has 1 saturated carbocycles. The molecule has 1 heterocycles. The Morgan fingerprint density at radius 1 is 1.22 bits per heavy atom. The van der Waals surface area contributed by atoms with Crippen molar-refractivity contribution in [2.45, 2.75) is 44.8 Å². The van der Waals surface area contributed by atoms with Crippen molar-refractivity contribution in [2.24, 2.45) is 5.41 Å². The van der Waals surface area contributed by atoms with Crippen molar-refractivity contribution in [3.63, 3.8) is 0 Å². The van der Waals surface area contributed by atoms with Crippen LogP contribution in [0.4, 0.5) is 4.79 Å². The number of amides is 1. The van der Waals surface area contributed by atoms with Gasteiger partial charge in [0, 0.05) is 6.54 Å². The van der Waals surface area contributed by atoms with Gasteiger partial charge in [0.25, 0.3) is 10.1 Å². The van der Waals surface area contributed by atoms with E-state index in [1.807, 2.05) is 31.2 Å². The Labute approximate surface area is 160 Å². The fraction of sp³-hybridized carbons (Fsp3) is 0.632. The van der Waals surface area contributed by atoms with E-state index in [2.05, 4.69) is 0 Å². The minimum Gasteiger partial charge on any atom is -0.497 e. The van der Waals surface area contributed by atoms with Crippen LogP contribution < -0.4 is 4.74 Å². The summed E-state index contributed by atoms with van der Waals surface area (Å²) >= 11 is 0. The Balaban J connectivity index is 1.67. The Kier molecular flexibility index (Phi) is 5.40. The van der Waals surface area contributed by atoms with E-state index in [4.69, 9.17) is 13.7 Å². The number of hydrogen-bond acceptors (Lipinski definition) is 6. The van der Waals surface area contributed by atoms with E-state index in [1.54, 1.807) is 12.0 Å². The van der Waals surface area contributed by atoms with Gasteiger partial charge in [-0.15, -0.1) is 0 Å². The molecule has 8 heteroatoms. The maximum atomic E-state index is 12.5. The first-order chi connectivity index (χ1) is 12.6. The summed E-state index contributed by atoms with van der Waals surface area (Å²) in [4.78, 5) is 14.2. The molecule has 150 valence electrons. The van der Waals surface area contributed by atoms with Gasteiger partial charge >= 0.3 is 6.09 Å². The van der Waals surface area contributed by atoms with E-state index in [0.717, 1.165) is 36.8 Å². The first kappa shape index (κ1) is 19.9. The summed E-state index contributed by atoms with van der Waals surface area (Å²) in [6.07, 6.45) is 3.83. The van der Waals surface area contributed by atoms with E-state index in [-0.39, 0.29) is 18.1 Å². The maximum Gasteiger partial charge on any atom is 0.410 e. The van der Waals surface area contributed by atoms with E-state index in [0.29, 0.717) is 19.5 Å². The molecule has 27 heavy (non-hydrogen) atoms. The summed E-state index contributed by atoms with van der Waals surface area (Å²) in [6.45, 7) is 3.09. The third-order valence-corrected chi connectivity index (χ3v) is 5.90. The monoisotopic (exact) mass is 397 g/mol. The lowest BCUT2D eigenvalue weighted by atomic mass is 9.69. The second kappa shape index (κ2) is 7.31. The zero-order valence-corrected chi connectivity index (χ0v) is 16.9. The Morgan fingerprint density at radius 3 is 2.56 bits per heavy atom. The Hall–Kier alpha value is -1.80. The maximum absolute atomic E-state index is 12.5. The normalized spacial score (nSPS) is 28.4. The highest BCUT2D eigenvalue weighted by molar-refractivity contribution is 7.85. The highest BCUT2D eigenvalue weighted by atomic mass is 32.2. The fourth-order valence-corrected chi connectivity index (χ4v) is 4.65. The quantitative estimate of drug-likeness (QED) is 0.687. The summed E-state index contributed by atoms with van der Waals surface area (Å²) in [5.74, 6) is 0.771. The number of methoxy groups -OCH3 is 1. The molecule has 0 radical (unpaired) electrons. The van der Waals surface area contributed by atoms with Crippen molar-refractivity contribution in [1.82, 2.24) is 4.90 Å². The van der Waals surface area contributed by atoms with E-state index in [1.165, 1.54) is 0 Å². The van der Waals surface area contributed by atoms with Crippen LogP contribution in [0.2, 0.25) is 0 Å². The molecule has 2 fully saturated rings. The van der Waals surface area contributed by atoms with Gasteiger partial charge < -0.3 is 9.47 Å². The predicted molar refractivity (Wildman–Crippen MR) is 100.0 cm³/mol. The van der Waals surface area contributed by atoms with E-state index >= 15 is 0 Å². The van der Waals surface area contributed by atoms with Crippen LogP contribution in [0.1, 0.15) is 38.2 Å². The lowest BCUT2D eigenvalue weighted by Gasteiger charge is -2.42. The zero-order chi connectivity index (χ0) is 19.7. The molecule has 0 N–H and O–H groups in total. The highest BCUT2D eigenvalue weighted by Gasteiger charge is 2.51. The van der Waals surface area contributed by atoms with Crippen LogP contribution in [0.25, 0.3) is 0 Å². The van der Waals surface area contributed by atoms with Crippen LogP contribution >= 0.6 is 0 Å². The molecule has 1 aromatic carbocycles. The molecular weight excluding hydrogens is 370 g/mol. The molecule has 2 atom stereocenters. The lowest BCUT2D eigenvalue weighted by Crippen LogP contribution is -2.45. The average molecular weight is 397 g/mol. The van der Waals surface area contributed by atoms with Crippen LogP contribution in [-0.4, -0.2) is 51.5 Å². The number of nitrogens with zero attached hydrogens (tertiary/aromatic N) is 1. The van der Waals surface area contributed by atoms with Crippen molar-refractivity contribution >= 4 is 16.2 Å². The largest absolute Gasteiger partial charge is 0.497 e. The molecule has 1 amide bonds. The van der Waals surface area contributed by atoms with Crippen molar-refractivity contribution in [1.29, 1.82) is 0 Å². The second-order valence-corrected chi connectivity index (χ2v) is 9.71. The molecule has 0 aromatic heterocycles. The van der Waals surface area contributed by atoms with Gasteiger partial charge in [-0.25, -0.2) is 4.79 Å². The molecular formula is C19H27NO6S. The first-order valence-electron chi connectivity index (χ1n) is 9.07. The molecule has 7 nitrogen and oxygen atoms in total. The fourth-order valence-electron chi connectivity index (χ4n) is 4.15. The Bertz CT molecular complexity index is 793. The van der Waals surface area contributed by atoms with Crippen molar-refractivity contribution < 1.29 is 26.9 Å². The van der Waals surface area contributed by atoms with Crippen LogP contribution in [0, 0.1) is 5.41 Å². The van der Waals surface area contributed by atoms with Crippen LogP contribution in [0.3, 0.4) is 0 Å². The van der Waals surface area contributed by atoms with Gasteiger partial charge in [-0.2, -0.15) is 8.42 Å². The third-order valence-electron chi connectivity index (χ3n) is 5.36. The minimum absolute atomic E-state index is 0.115. The van der Waals surface area contributed by atoms with Crippen molar-refractivity contribution in [3.8, 4) is 5.75 Å². The van der Waals surface area contributed by atoms with Crippen LogP contribution in [-0.2, 0) is 25.6 Å². The van der Waals surface area contributed by atoms with Crippen molar-refractivity contribution in [2.75, 3.05) is 26.5 Å². The topological polar surface area (TPSA) is 82.1 Å². The molecule has 3 rings (SSSR count). The van der Waals surface area contributed by atoms with Gasteiger partial charge in [0.1, 0.15) is 11.4 Å². The lowest BCUT2D eigenvalue weighted by molar-refractivity contribution is -0.0357.